The maximum absolute atomic E-state index is 13.0. The summed E-state index contributed by atoms with van der Waals surface area (Å²) in [6.07, 6.45) is 3.48. The molecule has 0 aliphatic carbocycles. The third kappa shape index (κ3) is 4.77. The summed E-state index contributed by atoms with van der Waals surface area (Å²) in [5.74, 6) is -5.92. The summed E-state index contributed by atoms with van der Waals surface area (Å²) < 4.78 is 0. The molecule has 1 fully saturated rings. The molecule has 1 aromatic carbocycles. The highest BCUT2D eigenvalue weighted by Gasteiger charge is 2.51. The maximum atomic E-state index is 13.0. The SMILES string of the molecule is C/C=C/C(=O)C1C(=O)N(CCCC)C(=O)N(C(Cc2ccccc2)C(=O)O)C1=O. The molecule has 0 saturated carbocycles. The zero-order chi connectivity index (χ0) is 21.6. The van der Waals surface area contributed by atoms with E-state index in [1.54, 1.807) is 37.3 Å². The van der Waals surface area contributed by atoms with Crippen LogP contribution in [0.25, 0.3) is 0 Å². The van der Waals surface area contributed by atoms with Gasteiger partial charge < -0.3 is 5.11 Å². The lowest BCUT2D eigenvalue weighted by atomic mass is 9.95. The molecule has 8 heteroatoms. The lowest BCUT2D eigenvalue weighted by molar-refractivity contribution is -0.159. The summed E-state index contributed by atoms with van der Waals surface area (Å²) in [7, 11) is 0. The van der Waals surface area contributed by atoms with Crippen LogP contribution in [0, 0.1) is 5.92 Å². The summed E-state index contributed by atoms with van der Waals surface area (Å²) in [6, 6.07) is 6.01. The number of barbiturate groups is 1. The van der Waals surface area contributed by atoms with Crippen LogP contribution in [0.4, 0.5) is 4.79 Å². The second-order valence-corrected chi connectivity index (χ2v) is 6.71. The molecule has 29 heavy (non-hydrogen) atoms. The Morgan fingerprint density at radius 2 is 1.79 bits per heavy atom. The predicted octanol–water partition coefficient (Wildman–Crippen LogP) is 2.03. The molecule has 8 nitrogen and oxygen atoms in total. The van der Waals surface area contributed by atoms with Crippen molar-refractivity contribution < 1.29 is 29.1 Å². The van der Waals surface area contributed by atoms with Gasteiger partial charge in [0.2, 0.25) is 0 Å². The number of ketones is 1. The number of benzene rings is 1. The summed E-state index contributed by atoms with van der Waals surface area (Å²) in [6.45, 7) is 3.43. The smallest absolute Gasteiger partial charge is 0.334 e. The molecule has 0 spiro atoms. The van der Waals surface area contributed by atoms with Crippen molar-refractivity contribution in [3.8, 4) is 0 Å². The summed E-state index contributed by atoms with van der Waals surface area (Å²) in [5, 5.41) is 9.73. The molecule has 1 aromatic rings. The fourth-order valence-corrected chi connectivity index (χ4v) is 3.16. The van der Waals surface area contributed by atoms with Crippen molar-refractivity contribution in [2.24, 2.45) is 5.92 Å². The third-order valence-electron chi connectivity index (χ3n) is 4.65. The number of allylic oxidation sites excluding steroid dienone is 2. The number of carbonyl (C=O) groups is 5. The van der Waals surface area contributed by atoms with Crippen molar-refractivity contribution in [2.75, 3.05) is 6.54 Å². The van der Waals surface area contributed by atoms with E-state index in [4.69, 9.17) is 0 Å². The quantitative estimate of drug-likeness (QED) is 0.501. The largest absolute Gasteiger partial charge is 0.480 e. The number of amides is 4. The van der Waals surface area contributed by atoms with E-state index in [1.165, 1.54) is 6.08 Å². The number of carboxylic acid groups (broad SMARTS) is 1. The van der Waals surface area contributed by atoms with E-state index in [0.29, 0.717) is 23.3 Å². The molecule has 1 N–H and O–H groups in total. The van der Waals surface area contributed by atoms with Crippen LogP contribution in [0.15, 0.2) is 42.5 Å². The molecule has 2 atom stereocenters. The number of aliphatic carboxylic acids is 1. The first kappa shape index (κ1) is 22.0. The zero-order valence-corrected chi connectivity index (χ0v) is 16.4. The molecule has 1 aliphatic heterocycles. The van der Waals surface area contributed by atoms with E-state index in [0.717, 1.165) is 11.0 Å². The fraction of sp³-hybridized carbons (Fsp3) is 0.381. The number of unbranched alkanes of at least 4 members (excludes halogenated alkanes) is 1. The normalized spacial score (nSPS) is 18.4. The topological polar surface area (TPSA) is 112 Å². The molecule has 1 saturated heterocycles. The Kier molecular flexibility index (Phi) is 7.41. The predicted molar refractivity (Wildman–Crippen MR) is 104 cm³/mol. The van der Waals surface area contributed by atoms with Gasteiger partial charge in [0, 0.05) is 13.0 Å². The van der Waals surface area contributed by atoms with Crippen LogP contribution in [-0.2, 0) is 25.6 Å². The molecular formula is C21H24N2O6. The number of hydrogen-bond donors (Lipinski definition) is 1. The van der Waals surface area contributed by atoms with E-state index in [9.17, 15) is 29.1 Å². The van der Waals surface area contributed by atoms with Crippen molar-refractivity contribution >= 4 is 29.6 Å². The first-order chi connectivity index (χ1) is 13.8. The Hall–Kier alpha value is -3.29. The molecule has 0 aromatic heterocycles. The van der Waals surface area contributed by atoms with Gasteiger partial charge in [-0.2, -0.15) is 0 Å². The molecular weight excluding hydrogens is 376 g/mol. The number of nitrogens with zero attached hydrogens (tertiary/aromatic N) is 2. The highest BCUT2D eigenvalue weighted by atomic mass is 16.4. The molecule has 1 aliphatic rings. The number of hydrogen-bond acceptors (Lipinski definition) is 5. The molecule has 2 unspecified atom stereocenters. The lowest BCUT2D eigenvalue weighted by Gasteiger charge is -2.38. The molecule has 0 bridgehead atoms. The Labute approximate surface area is 168 Å². The minimum absolute atomic E-state index is 0.00917. The monoisotopic (exact) mass is 400 g/mol. The highest BCUT2D eigenvalue weighted by molar-refractivity contribution is 6.29. The Balaban J connectivity index is 2.47. The first-order valence-corrected chi connectivity index (χ1v) is 9.45. The van der Waals surface area contributed by atoms with Crippen LogP contribution in [0.1, 0.15) is 32.3 Å². The number of rotatable bonds is 9. The van der Waals surface area contributed by atoms with Crippen LogP contribution >= 0.6 is 0 Å². The number of imide groups is 2. The molecule has 4 amide bonds. The second-order valence-electron chi connectivity index (χ2n) is 6.71. The van der Waals surface area contributed by atoms with E-state index >= 15 is 0 Å². The molecule has 1 heterocycles. The fourth-order valence-electron chi connectivity index (χ4n) is 3.16. The van der Waals surface area contributed by atoms with Crippen molar-refractivity contribution in [3.05, 3.63) is 48.0 Å². The van der Waals surface area contributed by atoms with Gasteiger partial charge in [0.15, 0.2) is 11.7 Å². The average molecular weight is 400 g/mol. The van der Waals surface area contributed by atoms with E-state index < -0.39 is 41.6 Å². The van der Waals surface area contributed by atoms with Crippen LogP contribution in [0.5, 0.6) is 0 Å². The number of carbonyl (C=O) groups excluding carboxylic acids is 4. The van der Waals surface area contributed by atoms with Gasteiger partial charge >= 0.3 is 12.0 Å². The minimum Gasteiger partial charge on any atom is -0.480 e. The Bertz CT molecular complexity index is 833. The Morgan fingerprint density at radius 1 is 1.14 bits per heavy atom. The Morgan fingerprint density at radius 3 is 2.34 bits per heavy atom. The summed E-state index contributed by atoms with van der Waals surface area (Å²) in [5.41, 5.74) is 0.605. The van der Waals surface area contributed by atoms with Gasteiger partial charge in [0.1, 0.15) is 6.04 Å². The van der Waals surface area contributed by atoms with Crippen molar-refractivity contribution in [1.82, 2.24) is 9.80 Å². The van der Waals surface area contributed by atoms with Gasteiger partial charge in [-0.15, -0.1) is 0 Å². The van der Waals surface area contributed by atoms with Crippen molar-refractivity contribution in [2.45, 2.75) is 39.2 Å². The zero-order valence-electron chi connectivity index (χ0n) is 16.4. The maximum Gasteiger partial charge on any atom is 0.334 e. The number of carboxylic acids is 1. The van der Waals surface area contributed by atoms with E-state index in [2.05, 4.69) is 0 Å². The van der Waals surface area contributed by atoms with Crippen molar-refractivity contribution in [1.29, 1.82) is 0 Å². The molecule has 2 rings (SSSR count). The minimum atomic E-state index is -1.75. The lowest BCUT2D eigenvalue weighted by Crippen LogP contribution is -2.65. The highest BCUT2D eigenvalue weighted by Crippen LogP contribution is 2.24. The van der Waals surface area contributed by atoms with Gasteiger partial charge in [-0.05, 0) is 25.0 Å². The van der Waals surface area contributed by atoms with E-state index in [-0.39, 0.29) is 13.0 Å². The van der Waals surface area contributed by atoms with Crippen LogP contribution < -0.4 is 0 Å². The summed E-state index contributed by atoms with van der Waals surface area (Å²) >= 11 is 0. The molecule has 154 valence electrons. The van der Waals surface area contributed by atoms with Crippen molar-refractivity contribution in [3.63, 3.8) is 0 Å². The van der Waals surface area contributed by atoms with Gasteiger partial charge in [-0.1, -0.05) is 49.8 Å². The average Bonchev–Trinajstić information content (AvgIpc) is 2.68. The van der Waals surface area contributed by atoms with Crippen LogP contribution in [-0.4, -0.2) is 57.1 Å². The van der Waals surface area contributed by atoms with Gasteiger partial charge in [0.05, 0.1) is 0 Å². The van der Waals surface area contributed by atoms with Gasteiger partial charge in [-0.25, -0.2) is 14.5 Å². The first-order valence-electron chi connectivity index (χ1n) is 9.45. The molecule has 0 radical (unpaired) electrons. The van der Waals surface area contributed by atoms with Gasteiger partial charge in [0.25, 0.3) is 11.8 Å². The standard InChI is InChI=1S/C21H24N2O6/c1-3-5-12-22-18(25)17(16(24)9-4-2)19(26)23(21(22)29)15(20(27)28)13-14-10-7-6-8-11-14/h4,6-11,15,17H,3,5,12-13H2,1-2H3,(H,27,28)/b9-4+. The summed E-state index contributed by atoms with van der Waals surface area (Å²) in [4.78, 5) is 64.3. The van der Waals surface area contributed by atoms with Crippen LogP contribution in [0.2, 0.25) is 0 Å². The van der Waals surface area contributed by atoms with Crippen LogP contribution in [0.3, 0.4) is 0 Å². The van der Waals surface area contributed by atoms with Gasteiger partial charge in [-0.3, -0.25) is 19.3 Å². The van der Waals surface area contributed by atoms with E-state index in [1.807, 2.05) is 6.92 Å². The second kappa shape index (κ2) is 9.77. The third-order valence-corrected chi connectivity index (χ3v) is 4.65. The number of urea groups is 1.